The van der Waals surface area contributed by atoms with Gasteiger partial charge in [0.15, 0.2) is 0 Å². The third-order valence-electron chi connectivity index (χ3n) is 0.955. The van der Waals surface area contributed by atoms with Crippen molar-refractivity contribution in [1.29, 1.82) is 0 Å². The van der Waals surface area contributed by atoms with Crippen LogP contribution in [0.5, 0.6) is 0 Å². The van der Waals surface area contributed by atoms with Crippen molar-refractivity contribution in [2.75, 3.05) is 0 Å². The maximum Gasteiger partial charge on any atom is 0.314 e. The maximum atomic E-state index is 8.74. The summed E-state index contributed by atoms with van der Waals surface area (Å²) in [6.45, 7) is 0. The molecule has 2 aromatic rings. The Morgan fingerprint density at radius 1 is 0.647 bits per heavy atom. The lowest BCUT2D eigenvalue weighted by Gasteiger charge is -1.70. The lowest BCUT2D eigenvalue weighted by molar-refractivity contribution is 0.405. The second-order valence-corrected chi connectivity index (χ2v) is 2.64. The normalized spacial score (nSPS) is 7.71. The predicted molar refractivity (Wildman–Crippen MR) is 67.8 cm³/mol. The SMILES string of the molecule is Br.O=[PH](O)O.c1cnccn1.c1cnccn1. The molecule has 2 N–H and O–H groups in total. The molecule has 2 aromatic heterocycles. The van der Waals surface area contributed by atoms with E-state index in [0.717, 1.165) is 0 Å². The van der Waals surface area contributed by atoms with Gasteiger partial charge in [-0.15, -0.1) is 17.0 Å². The summed E-state index contributed by atoms with van der Waals surface area (Å²) < 4.78 is 8.74. The van der Waals surface area contributed by atoms with E-state index in [0.29, 0.717) is 0 Å². The van der Waals surface area contributed by atoms with Gasteiger partial charge in [-0.05, 0) is 0 Å². The van der Waals surface area contributed by atoms with Gasteiger partial charge >= 0.3 is 8.25 Å². The molecule has 0 unspecified atom stereocenters. The summed E-state index contributed by atoms with van der Waals surface area (Å²) in [5, 5.41) is 0. The average molecular weight is 323 g/mol. The first-order valence-corrected chi connectivity index (χ1v) is 5.35. The Morgan fingerprint density at radius 3 is 0.824 bits per heavy atom. The zero-order chi connectivity index (χ0) is 12.1. The quantitative estimate of drug-likeness (QED) is 0.693. The molecule has 0 aliphatic heterocycles. The standard InChI is InChI=1S/2C4H4N2.BrH.H3O3P/c2*1-2-6-4-3-5-1;;1-4(2)3/h2*1-4H;1H;4H,(H2,1,2,3). The van der Waals surface area contributed by atoms with Crippen LogP contribution in [0, 0.1) is 0 Å². The lowest BCUT2D eigenvalue weighted by atomic mass is 10.8. The second kappa shape index (κ2) is 14.8. The van der Waals surface area contributed by atoms with Crippen molar-refractivity contribution >= 4 is 25.2 Å². The largest absolute Gasteiger partial charge is 0.326 e. The summed E-state index contributed by atoms with van der Waals surface area (Å²) in [5.41, 5.74) is 0. The summed E-state index contributed by atoms with van der Waals surface area (Å²) in [6, 6.07) is 0. The molecule has 0 atom stereocenters. The van der Waals surface area contributed by atoms with Crippen molar-refractivity contribution in [3.05, 3.63) is 49.6 Å². The van der Waals surface area contributed by atoms with Gasteiger partial charge in [-0.3, -0.25) is 24.5 Å². The van der Waals surface area contributed by atoms with Crippen LogP contribution in [0.4, 0.5) is 0 Å². The molecule has 2 heterocycles. The van der Waals surface area contributed by atoms with Crippen LogP contribution in [-0.2, 0) is 4.57 Å². The van der Waals surface area contributed by atoms with Crippen molar-refractivity contribution in [2.45, 2.75) is 0 Å². The van der Waals surface area contributed by atoms with Crippen LogP contribution in [0.3, 0.4) is 0 Å². The van der Waals surface area contributed by atoms with Crippen molar-refractivity contribution in [3.63, 3.8) is 0 Å². The van der Waals surface area contributed by atoms with Gasteiger partial charge in [-0.1, -0.05) is 0 Å². The van der Waals surface area contributed by atoms with E-state index in [1.165, 1.54) is 0 Å². The smallest absolute Gasteiger partial charge is 0.314 e. The van der Waals surface area contributed by atoms with Gasteiger partial charge in [0.05, 0.1) is 0 Å². The van der Waals surface area contributed by atoms with Gasteiger partial charge in [0, 0.05) is 49.6 Å². The molecule has 0 radical (unpaired) electrons. The molecule has 0 amide bonds. The molecular weight excluding hydrogens is 311 g/mol. The van der Waals surface area contributed by atoms with Crippen molar-refractivity contribution in [3.8, 4) is 0 Å². The first kappa shape index (κ1) is 18.2. The summed E-state index contributed by atoms with van der Waals surface area (Å²) in [5.74, 6) is 0. The maximum absolute atomic E-state index is 8.74. The van der Waals surface area contributed by atoms with Crippen LogP contribution in [0.25, 0.3) is 0 Å². The highest BCUT2D eigenvalue weighted by Crippen LogP contribution is 1.98. The van der Waals surface area contributed by atoms with E-state index in [9.17, 15) is 0 Å². The summed E-state index contributed by atoms with van der Waals surface area (Å²) in [7, 11) is -3.13. The topological polar surface area (TPSA) is 109 Å². The Morgan fingerprint density at radius 2 is 0.765 bits per heavy atom. The monoisotopic (exact) mass is 322 g/mol. The van der Waals surface area contributed by atoms with Gasteiger partial charge in [0.2, 0.25) is 0 Å². The summed E-state index contributed by atoms with van der Waals surface area (Å²) >= 11 is 0. The summed E-state index contributed by atoms with van der Waals surface area (Å²) in [6.07, 6.45) is 13.1. The Bertz CT molecular complexity index is 279. The Hall–Kier alpha value is -1.21. The number of halogens is 1. The Kier molecular flexibility index (Phi) is 15.8. The average Bonchev–Trinajstić information content (AvgIpc) is 2.34. The zero-order valence-corrected chi connectivity index (χ0v) is 11.3. The number of rotatable bonds is 0. The number of nitrogens with zero attached hydrogens (tertiary/aromatic N) is 4. The van der Waals surface area contributed by atoms with Crippen molar-refractivity contribution < 1.29 is 14.4 Å². The second-order valence-electron chi connectivity index (χ2n) is 2.07. The Labute approximate surface area is 109 Å². The van der Waals surface area contributed by atoms with E-state index in [4.69, 9.17) is 14.4 Å². The number of hydrogen-bond donors (Lipinski definition) is 2. The molecule has 0 fully saturated rings. The minimum atomic E-state index is -3.13. The van der Waals surface area contributed by atoms with E-state index in [-0.39, 0.29) is 17.0 Å². The van der Waals surface area contributed by atoms with Gasteiger partial charge in [-0.25, -0.2) is 0 Å². The fourth-order valence-corrected chi connectivity index (χ4v) is 0.507. The minimum Gasteiger partial charge on any atom is -0.326 e. The lowest BCUT2D eigenvalue weighted by Crippen LogP contribution is -1.66. The van der Waals surface area contributed by atoms with Crippen molar-refractivity contribution in [2.24, 2.45) is 0 Å². The van der Waals surface area contributed by atoms with Gasteiger partial charge in [0.25, 0.3) is 0 Å². The van der Waals surface area contributed by atoms with E-state index < -0.39 is 8.25 Å². The highest BCUT2D eigenvalue weighted by molar-refractivity contribution is 8.93. The van der Waals surface area contributed by atoms with Gasteiger partial charge in [-0.2, -0.15) is 0 Å². The fourth-order valence-electron chi connectivity index (χ4n) is 0.507. The van der Waals surface area contributed by atoms with Gasteiger partial charge < -0.3 is 9.79 Å². The summed E-state index contributed by atoms with van der Waals surface area (Å²) in [4.78, 5) is 29.2. The molecule has 0 aromatic carbocycles. The first-order valence-electron chi connectivity index (χ1n) is 4.05. The van der Waals surface area contributed by atoms with E-state index in [2.05, 4.69) is 19.9 Å². The van der Waals surface area contributed by atoms with Crippen molar-refractivity contribution in [1.82, 2.24) is 19.9 Å². The third kappa shape index (κ3) is 20.8. The van der Waals surface area contributed by atoms with E-state index in [1.807, 2.05) is 0 Å². The predicted octanol–water partition coefficient (Wildman–Crippen LogP) is 0.892. The Balaban J connectivity index is 0. The zero-order valence-electron chi connectivity index (χ0n) is 8.62. The minimum absolute atomic E-state index is 0. The van der Waals surface area contributed by atoms with Gasteiger partial charge in [0.1, 0.15) is 0 Å². The molecule has 0 saturated carbocycles. The van der Waals surface area contributed by atoms with Crippen LogP contribution < -0.4 is 0 Å². The van der Waals surface area contributed by atoms with Crippen LogP contribution >= 0.6 is 25.2 Å². The molecular formula is C8H12BrN4O3P. The molecule has 94 valence electrons. The molecule has 0 aliphatic rings. The third-order valence-corrected chi connectivity index (χ3v) is 0.955. The molecule has 2 rings (SSSR count). The van der Waals surface area contributed by atoms with Crippen LogP contribution in [0.2, 0.25) is 0 Å². The van der Waals surface area contributed by atoms with E-state index >= 15 is 0 Å². The van der Waals surface area contributed by atoms with Crippen LogP contribution in [-0.4, -0.2) is 29.7 Å². The molecule has 7 nitrogen and oxygen atoms in total. The molecule has 0 aliphatic carbocycles. The fraction of sp³-hybridized carbons (Fsp3) is 0. The molecule has 0 spiro atoms. The number of hydrogen-bond acceptors (Lipinski definition) is 5. The molecule has 0 saturated heterocycles. The molecule has 0 bridgehead atoms. The van der Waals surface area contributed by atoms with Crippen LogP contribution in [0.15, 0.2) is 49.6 Å². The molecule has 9 heteroatoms. The number of aromatic nitrogens is 4. The van der Waals surface area contributed by atoms with E-state index in [1.54, 1.807) is 49.6 Å². The highest BCUT2D eigenvalue weighted by atomic mass is 79.9. The first-order chi connectivity index (χ1) is 7.73. The highest BCUT2D eigenvalue weighted by Gasteiger charge is 1.61. The van der Waals surface area contributed by atoms with Crippen LogP contribution in [0.1, 0.15) is 0 Å². The molecule has 17 heavy (non-hydrogen) atoms.